The lowest BCUT2D eigenvalue weighted by Gasteiger charge is -2.15. The number of esters is 1. The summed E-state index contributed by atoms with van der Waals surface area (Å²) in [7, 11) is 0. The van der Waals surface area contributed by atoms with Crippen LogP contribution in [0, 0.1) is 5.92 Å². The summed E-state index contributed by atoms with van der Waals surface area (Å²) in [6, 6.07) is 0. The molecule has 1 aliphatic carbocycles. The molecule has 0 aliphatic heterocycles. The first-order valence-corrected chi connectivity index (χ1v) is 6.88. The van der Waals surface area contributed by atoms with Crippen LogP contribution in [0.15, 0.2) is 0 Å². The normalized spacial score (nSPS) is 18.9. The molecular weight excluding hydrogens is 248 g/mol. The second-order valence-corrected chi connectivity index (χ2v) is 5.58. The Balaban J connectivity index is 2.36. The molecule has 0 aromatic rings. The molecule has 0 aromatic carbocycles. The van der Waals surface area contributed by atoms with E-state index in [1.165, 1.54) is 0 Å². The fraction of sp³-hybridized carbons (Fsp3) is 0.800. The van der Waals surface area contributed by atoms with E-state index < -0.39 is 18.0 Å². The van der Waals surface area contributed by atoms with Gasteiger partial charge in [-0.25, -0.2) is 4.79 Å². The number of carbonyl (C=O) groups excluding carboxylic acids is 1. The van der Waals surface area contributed by atoms with E-state index in [4.69, 9.17) is 9.84 Å². The van der Waals surface area contributed by atoms with Crippen molar-refractivity contribution < 1.29 is 19.4 Å². The van der Waals surface area contributed by atoms with E-state index in [0.29, 0.717) is 16.8 Å². The van der Waals surface area contributed by atoms with Crippen molar-refractivity contribution in [1.29, 1.82) is 0 Å². The summed E-state index contributed by atoms with van der Waals surface area (Å²) in [4.78, 5) is 22.3. The number of aliphatic carboxylic acids is 1. The van der Waals surface area contributed by atoms with Crippen LogP contribution in [0.4, 0.5) is 0 Å². The maximum Gasteiger partial charge on any atom is 0.345 e. The standard InChI is InChI=1S/C10H16O4S2/c1-6(4-15)10(13)14-8(9(11)12)5-16-7-2-3-7/h6-8,15H,2-5H2,1H3,(H,11,12)/t6-,8?/m0/s1. The Labute approximate surface area is 105 Å². The Morgan fingerprint density at radius 2 is 2.19 bits per heavy atom. The van der Waals surface area contributed by atoms with Gasteiger partial charge in [0.05, 0.1) is 5.92 Å². The molecule has 0 radical (unpaired) electrons. The zero-order chi connectivity index (χ0) is 12.1. The van der Waals surface area contributed by atoms with Gasteiger partial charge in [-0.15, -0.1) is 0 Å². The third-order valence-corrected chi connectivity index (χ3v) is 4.20. The van der Waals surface area contributed by atoms with E-state index in [2.05, 4.69) is 12.6 Å². The second kappa shape index (κ2) is 6.39. The number of hydrogen-bond donors (Lipinski definition) is 2. The summed E-state index contributed by atoms with van der Waals surface area (Å²) in [5.74, 6) is -1.23. The van der Waals surface area contributed by atoms with Gasteiger partial charge in [-0.05, 0) is 12.8 Å². The first kappa shape index (κ1) is 13.7. The van der Waals surface area contributed by atoms with Crippen molar-refractivity contribution in [3.63, 3.8) is 0 Å². The molecule has 2 atom stereocenters. The minimum atomic E-state index is -1.08. The van der Waals surface area contributed by atoms with Crippen molar-refractivity contribution in [2.75, 3.05) is 11.5 Å². The molecule has 0 saturated heterocycles. The summed E-state index contributed by atoms with van der Waals surface area (Å²) >= 11 is 5.53. The average molecular weight is 264 g/mol. The van der Waals surface area contributed by atoms with Crippen molar-refractivity contribution >= 4 is 36.3 Å². The lowest BCUT2D eigenvalue weighted by Crippen LogP contribution is -2.32. The lowest BCUT2D eigenvalue weighted by atomic mass is 10.2. The van der Waals surface area contributed by atoms with Crippen LogP contribution in [-0.4, -0.2) is 39.9 Å². The molecule has 1 saturated carbocycles. The third kappa shape index (κ3) is 4.65. The van der Waals surface area contributed by atoms with E-state index in [9.17, 15) is 9.59 Å². The van der Waals surface area contributed by atoms with Crippen LogP contribution in [0.25, 0.3) is 0 Å². The molecule has 1 fully saturated rings. The number of rotatable bonds is 7. The molecule has 6 heteroatoms. The van der Waals surface area contributed by atoms with Gasteiger partial charge in [0.1, 0.15) is 0 Å². The monoisotopic (exact) mass is 264 g/mol. The smallest absolute Gasteiger partial charge is 0.345 e. The minimum Gasteiger partial charge on any atom is -0.478 e. The van der Waals surface area contributed by atoms with Crippen LogP contribution < -0.4 is 0 Å². The van der Waals surface area contributed by atoms with Crippen LogP contribution in [0.2, 0.25) is 0 Å². The van der Waals surface area contributed by atoms with E-state index in [0.717, 1.165) is 12.8 Å². The molecule has 1 N–H and O–H groups in total. The summed E-state index contributed by atoms with van der Waals surface area (Å²) in [5.41, 5.74) is 0. The van der Waals surface area contributed by atoms with Gasteiger partial charge >= 0.3 is 11.9 Å². The predicted octanol–water partition coefficient (Wildman–Crippen LogP) is 1.44. The molecule has 0 bridgehead atoms. The summed E-state index contributed by atoms with van der Waals surface area (Å²) in [6.07, 6.45) is 1.25. The van der Waals surface area contributed by atoms with Crippen LogP contribution in [-0.2, 0) is 14.3 Å². The summed E-state index contributed by atoms with van der Waals surface area (Å²) in [6.45, 7) is 1.67. The fourth-order valence-corrected chi connectivity index (χ4v) is 2.22. The van der Waals surface area contributed by atoms with Crippen molar-refractivity contribution in [3.05, 3.63) is 0 Å². The Bertz CT molecular complexity index is 266. The average Bonchev–Trinajstić information content (AvgIpc) is 3.05. The Morgan fingerprint density at radius 1 is 1.56 bits per heavy atom. The highest BCUT2D eigenvalue weighted by Gasteiger charge is 2.29. The van der Waals surface area contributed by atoms with Crippen LogP contribution in [0.1, 0.15) is 19.8 Å². The molecule has 4 nitrogen and oxygen atoms in total. The van der Waals surface area contributed by atoms with Gasteiger partial charge < -0.3 is 9.84 Å². The highest BCUT2D eigenvalue weighted by molar-refractivity contribution is 8.00. The number of ether oxygens (including phenoxy) is 1. The van der Waals surface area contributed by atoms with Gasteiger partial charge in [-0.1, -0.05) is 6.92 Å². The molecule has 92 valence electrons. The zero-order valence-corrected chi connectivity index (χ0v) is 10.8. The molecule has 0 spiro atoms. The van der Waals surface area contributed by atoms with E-state index >= 15 is 0 Å². The topological polar surface area (TPSA) is 63.6 Å². The highest BCUT2D eigenvalue weighted by Crippen LogP contribution is 2.34. The summed E-state index contributed by atoms with van der Waals surface area (Å²) < 4.78 is 4.93. The first-order chi connectivity index (χ1) is 7.54. The third-order valence-electron chi connectivity index (χ3n) is 2.22. The fourth-order valence-electron chi connectivity index (χ4n) is 0.945. The van der Waals surface area contributed by atoms with E-state index in [-0.39, 0.29) is 5.92 Å². The minimum absolute atomic E-state index is 0.338. The van der Waals surface area contributed by atoms with E-state index in [1.54, 1.807) is 18.7 Å². The SMILES string of the molecule is C[C@@H](CS)C(=O)OC(CSC1CC1)C(=O)O. The van der Waals surface area contributed by atoms with Crippen LogP contribution in [0.3, 0.4) is 0 Å². The predicted molar refractivity (Wildman–Crippen MR) is 66.0 cm³/mol. The van der Waals surface area contributed by atoms with Crippen LogP contribution in [0.5, 0.6) is 0 Å². The Morgan fingerprint density at radius 3 is 2.62 bits per heavy atom. The number of carboxylic acid groups (broad SMARTS) is 1. The first-order valence-electron chi connectivity index (χ1n) is 5.20. The van der Waals surface area contributed by atoms with Crippen molar-refractivity contribution in [2.24, 2.45) is 5.92 Å². The maximum atomic E-state index is 11.4. The quantitative estimate of drug-likeness (QED) is 0.538. The highest BCUT2D eigenvalue weighted by atomic mass is 32.2. The molecule has 1 aliphatic rings. The second-order valence-electron chi connectivity index (χ2n) is 3.88. The number of thiol groups is 1. The number of carboxylic acids is 1. The number of hydrogen-bond acceptors (Lipinski definition) is 5. The molecule has 1 unspecified atom stereocenters. The van der Waals surface area contributed by atoms with Gasteiger partial charge in [0.2, 0.25) is 6.10 Å². The van der Waals surface area contributed by atoms with Gasteiger partial charge in [0, 0.05) is 16.8 Å². The van der Waals surface area contributed by atoms with Crippen molar-refractivity contribution in [2.45, 2.75) is 31.1 Å². The van der Waals surface area contributed by atoms with Gasteiger partial charge in [0.15, 0.2) is 0 Å². The molecular formula is C10H16O4S2. The molecule has 1 rings (SSSR count). The molecule has 0 aromatic heterocycles. The van der Waals surface area contributed by atoms with Gasteiger partial charge in [-0.2, -0.15) is 24.4 Å². The Hall–Kier alpha value is -0.360. The zero-order valence-electron chi connectivity index (χ0n) is 9.09. The van der Waals surface area contributed by atoms with E-state index in [1.807, 2.05) is 0 Å². The summed E-state index contributed by atoms with van der Waals surface area (Å²) in [5, 5.41) is 9.46. The number of thioether (sulfide) groups is 1. The largest absolute Gasteiger partial charge is 0.478 e. The van der Waals surface area contributed by atoms with Crippen molar-refractivity contribution in [1.82, 2.24) is 0 Å². The van der Waals surface area contributed by atoms with Gasteiger partial charge in [-0.3, -0.25) is 4.79 Å². The molecule has 0 amide bonds. The maximum absolute atomic E-state index is 11.4. The Kier molecular flexibility index (Phi) is 5.48. The molecule has 16 heavy (non-hydrogen) atoms. The van der Waals surface area contributed by atoms with Gasteiger partial charge in [0.25, 0.3) is 0 Å². The lowest BCUT2D eigenvalue weighted by molar-refractivity contribution is -0.164. The molecule has 0 heterocycles. The van der Waals surface area contributed by atoms with Crippen LogP contribution >= 0.6 is 24.4 Å². The number of carbonyl (C=O) groups is 2. The van der Waals surface area contributed by atoms with Crippen molar-refractivity contribution in [3.8, 4) is 0 Å².